The number of hydrogen-bond acceptors (Lipinski definition) is 5. The number of ether oxygens (including phenoxy) is 1. The molecule has 176 valence electrons. The van der Waals surface area contributed by atoms with Crippen LogP contribution in [0.25, 0.3) is 11.1 Å². The summed E-state index contributed by atoms with van der Waals surface area (Å²) in [5, 5.41) is 14.9. The minimum Gasteiger partial charge on any atom is -0.478 e. The van der Waals surface area contributed by atoms with Gasteiger partial charge in [-0.1, -0.05) is 30.3 Å². The number of rotatable bonds is 7. The zero-order valence-electron chi connectivity index (χ0n) is 19.2. The summed E-state index contributed by atoms with van der Waals surface area (Å²) in [7, 11) is 0. The quantitative estimate of drug-likeness (QED) is 0.476. The molecular weight excluding hydrogens is 434 g/mol. The molecule has 0 unspecified atom stereocenters. The molecule has 0 aliphatic heterocycles. The van der Waals surface area contributed by atoms with E-state index in [9.17, 15) is 19.5 Å². The second-order valence-corrected chi connectivity index (χ2v) is 8.72. The molecule has 0 aliphatic carbocycles. The monoisotopic (exact) mass is 461 g/mol. The van der Waals surface area contributed by atoms with Gasteiger partial charge in [-0.15, -0.1) is 0 Å². The van der Waals surface area contributed by atoms with Crippen molar-refractivity contribution in [3.8, 4) is 11.1 Å². The molecule has 0 aliphatic rings. The van der Waals surface area contributed by atoms with E-state index in [1.807, 2.05) is 30.3 Å². The minimum atomic E-state index is -1.13. The lowest BCUT2D eigenvalue weighted by molar-refractivity contribution is -0.118. The molecule has 8 nitrogen and oxygen atoms in total. The molecule has 0 fully saturated rings. The molecule has 1 heterocycles. The number of amides is 2. The lowest BCUT2D eigenvalue weighted by Crippen LogP contribution is -2.47. The van der Waals surface area contributed by atoms with Crippen molar-refractivity contribution in [1.82, 2.24) is 10.3 Å². The average Bonchev–Trinajstić information content (AvgIpc) is 2.78. The highest BCUT2D eigenvalue weighted by atomic mass is 16.6. The van der Waals surface area contributed by atoms with Crippen LogP contribution in [0.15, 0.2) is 73.1 Å². The van der Waals surface area contributed by atoms with Crippen molar-refractivity contribution in [3.05, 3.63) is 84.2 Å². The third-order valence-corrected chi connectivity index (χ3v) is 4.75. The number of carboxylic acid groups (broad SMARTS) is 1. The fraction of sp³-hybridized carbons (Fsp3) is 0.231. The Kier molecular flexibility index (Phi) is 7.63. The molecule has 0 saturated heterocycles. The highest BCUT2D eigenvalue weighted by Gasteiger charge is 2.25. The Hall–Kier alpha value is -4.20. The third kappa shape index (κ3) is 7.16. The Morgan fingerprint density at radius 1 is 0.971 bits per heavy atom. The maximum absolute atomic E-state index is 13.2. The van der Waals surface area contributed by atoms with Gasteiger partial charge in [0.25, 0.3) is 0 Å². The number of alkyl carbamates (subject to hydrolysis) is 1. The number of pyridine rings is 1. The number of nitrogens with one attached hydrogen (secondary N) is 2. The van der Waals surface area contributed by atoms with Crippen molar-refractivity contribution in [3.63, 3.8) is 0 Å². The zero-order valence-corrected chi connectivity index (χ0v) is 19.2. The molecule has 8 heteroatoms. The van der Waals surface area contributed by atoms with Crippen molar-refractivity contribution in [2.24, 2.45) is 0 Å². The standard InChI is InChI=1S/C26H27N3O5/c1-26(2,3)34-25(33)29-22(13-17-7-5-4-6-8-17)23(30)28-21-15-19(14-20(16-21)24(31)32)18-9-11-27-12-10-18/h4-12,14-16,22H,13H2,1-3H3,(H,28,30)(H,29,33)(H,31,32)/t22-/m0/s1. The molecule has 34 heavy (non-hydrogen) atoms. The number of aromatic carboxylic acids is 1. The van der Waals surface area contributed by atoms with Gasteiger partial charge in [0.2, 0.25) is 5.91 Å². The van der Waals surface area contributed by atoms with Crippen LogP contribution in [-0.2, 0) is 16.0 Å². The van der Waals surface area contributed by atoms with Gasteiger partial charge in [0.05, 0.1) is 5.56 Å². The van der Waals surface area contributed by atoms with Gasteiger partial charge in [0.15, 0.2) is 0 Å². The van der Waals surface area contributed by atoms with Crippen LogP contribution in [0.5, 0.6) is 0 Å². The predicted octanol–water partition coefficient (Wildman–Crippen LogP) is 4.52. The van der Waals surface area contributed by atoms with E-state index in [1.165, 1.54) is 12.1 Å². The van der Waals surface area contributed by atoms with Gasteiger partial charge in [-0.3, -0.25) is 9.78 Å². The number of benzene rings is 2. The fourth-order valence-electron chi connectivity index (χ4n) is 3.27. The summed E-state index contributed by atoms with van der Waals surface area (Å²) in [4.78, 5) is 41.3. The average molecular weight is 462 g/mol. The van der Waals surface area contributed by atoms with Crippen LogP contribution in [0.3, 0.4) is 0 Å². The molecule has 0 radical (unpaired) electrons. The summed E-state index contributed by atoms with van der Waals surface area (Å²) in [5.41, 5.74) is 1.78. The first-order chi connectivity index (χ1) is 16.1. The van der Waals surface area contributed by atoms with Crippen LogP contribution in [0.4, 0.5) is 10.5 Å². The van der Waals surface area contributed by atoms with Gasteiger partial charge in [-0.25, -0.2) is 9.59 Å². The Bertz CT molecular complexity index is 1160. The van der Waals surface area contributed by atoms with E-state index in [0.717, 1.165) is 11.1 Å². The number of carbonyl (C=O) groups excluding carboxylic acids is 2. The highest BCUT2D eigenvalue weighted by Crippen LogP contribution is 2.25. The van der Waals surface area contributed by atoms with Crippen LogP contribution in [0.1, 0.15) is 36.7 Å². The van der Waals surface area contributed by atoms with E-state index >= 15 is 0 Å². The molecule has 2 aromatic carbocycles. The first kappa shape index (κ1) is 24.4. The summed E-state index contributed by atoms with van der Waals surface area (Å²) in [5.74, 6) is -1.63. The predicted molar refractivity (Wildman–Crippen MR) is 129 cm³/mol. The second-order valence-electron chi connectivity index (χ2n) is 8.72. The summed E-state index contributed by atoms with van der Waals surface area (Å²) in [6, 6.07) is 16.4. The van der Waals surface area contributed by atoms with E-state index in [2.05, 4.69) is 15.6 Å². The number of aromatic nitrogens is 1. The number of carboxylic acids is 1. The van der Waals surface area contributed by atoms with Crippen LogP contribution < -0.4 is 10.6 Å². The first-order valence-electron chi connectivity index (χ1n) is 10.7. The van der Waals surface area contributed by atoms with Crippen LogP contribution in [0.2, 0.25) is 0 Å². The van der Waals surface area contributed by atoms with Crippen molar-refractivity contribution in [2.45, 2.75) is 38.8 Å². The normalized spacial score (nSPS) is 11.9. The summed E-state index contributed by atoms with van der Waals surface area (Å²) < 4.78 is 5.32. The van der Waals surface area contributed by atoms with Crippen LogP contribution in [0, 0.1) is 0 Å². The van der Waals surface area contributed by atoms with E-state index < -0.39 is 29.6 Å². The van der Waals surface area contributed by atoms with Gasteiger partial charge in [0, 0.05) is 24.5 Å². The van der Waals surface area contributed by atoms with Crippen LogP contribution in [-0.4, -0.2) is 39.7 Å². The Labute approximate surface area is 198 Å². The van der Waals surface area contributed by atoms with E-state index in [4.69, 9.17) is 4.74 Å². The molecule has 0 bridgehead atoms. The molecule has 3 rings (SSSR count). The lowest BCUT2D eigenvalue weighted by atomic mass is 10.0. The minimum absolute atomic E-state index is 0.0179. The molecular formula is C26H27N3O5. The molecule has 1 aromatic heterocycles. The number of carbonyl (C=O) groups is 3. The van der Waals surface area contributed by atoms with Gasteiger partial charge >= 0.3 is 12.1 Å². The molecule has 3 aromatic rings. The van der Waals surface area contributed by atoms with Crippen molar-refractivity contribution in [2.75, 3.05) is 5.32 Å². The van der Waals surface area contributed by atoms with Gasteiger partial charge in [-0.05, 0) is 67.8 Å². The largest absolute Gasteiger partial charge is 0.478 e. The fourth-order valence-corrected chi connectivity index (χ4v) is 3.27. The summed E-state index contributed by atoms with van der Waals surface area (Å²) >= 11 is 0. The molecule has 0 spiro atoms. The molecule has 3 N–H and O–H groups in total. The Morgan fingerprint density at radius 3 is 2.26 bits per heavy atom. The van der Waals surface area contributed by atoms with Crippen molar-refractivity contribution >= 4 is 23.7 Å². The number of hydrogen-bond donors (Lipinski definition) is 3. The topological polar surface area (TPSA) is 118 Å². The Balaban J connectivity index is 1.88. The first-order valence-corrected chi connectivity index (χ1v) is 10.7. The summed E-state index contributed by atoms with van der Waals surface area (Å²) in [6.07, 6.45) is 2.70. The number of nitrogens with zero attached hydrogens (tertiary/aromatic N) is 1. The van der Waals surface area contributed by atoms with Gasteiger partial charge in [0.1, 0.15) is 11.6 Å². The lowest BCUT2D eigenvalue weighted by Gasteiger charge is -2.23. The summed E-state index contributed by atoms with van der Waals surface area (Å²) in [6.45, 7) is 5.20. The van der Waals surface area contributed by atoms with E-state index in [-0.39, 0.29) is 12.0 Å². The zero-order chi connectivity index (χ0) is 24.7. The van der Waals surface area contributed by atoms with Crippen molar-refractivity contribution in [1.29, 1.82) is 0 Å². The van der Waals surface area contributed by atoms with Crippen LogP contribution >= 0.6 is 0 Å². The number of anilines is 1. The van der Waals surface area contributed by atoms with Gasteiger partial charge < -0.3 is 20.5 Å². The molecule has 0 saturated carbocycles. The van der Waals surface area contributed by atoms with E-state index in [1.54, 1.807) is 51.4 Å². The van der Waals surface area contributed by atoms with E-state index in [0.29, 0.717) is 11.3 Å². The highest BCUT2D eigenvalue weighted by molar-refractivity contribution is 5.99. The Morgan fingerprint density at radius 2 is 1.65 bits per heavy atom. The third-order valence-electron chi connectivity index (χ3n) is 4.75. The maximum Gasteiger partial charge on any atom is 0.408 e. The smallest absolute Gasteiger partial charge is 0.408 e. The van der Waals surface area contributed by atoms with Crippen molar-refractivity contribution < 1.29 is 24.2 Å². The molecule has 1 atom stereocenters. The SMILES string of the molecule is CC(C)(C)OC(=O)N[C@@H](Cc1ccccc1)C(=O)Nc1cc(C(=O)O)cc(-c2ccncc2)c1. The second kappa shape index (κ2) is 10.6. The van der Waals surface area contributed by atoms with Gasteiger partial charge in [-0.2, -0.15) is 0 Å². The maximum atomic E-state index is 13.2. The molecule has 2 amide bonds.